The highest BCUT2D eigenvalue weighted by atomic mass is 35.5. The molecule has 0 aliphatic carbocycles. The lowest BCUT2D eigenvalue weighted by Gasteiger charge is -2.17. The van der Waals surface area contributed by atoms with Crippen molar-refractivity contribution in [2.75, 3.05) is 12.3 Å². The van der Waals surface area contributed by atoms with Crippen LogP contribution in [0, 0.1) is 6.92 Å². The van der Waals surface area contributed by atoms with Gasteiger partial charge in [-0.15, -0.1) is 0 Å². The first-order valence-electron chi connectivity index (χ1n) is 8.42. The highest BCUT2D eigenvalue weighted by molar-refractivity contribution is 7.98. The van der Waals surface area contributed by atoms with E-state index in [1.165, 1.54) is 11.1 Å². The summed E-state index contributed by atoms with van der Waals surface area (Å²) in [4.78, 5) is 12.3. The zero-order chi connectivity index (χ0) is 18.1. The van der Waals surface area contributed by atoms with E-state index in [4.69, 9.17) is 16.3 Å². The van der Waals surface area contributed by atoms with Gasteiger partial charge in [0.25, 0.3) is 5.91 Å². The van der Waals surface area contributed by atoms with Gasteiger partial charge < -0.3 is 10.1 Å². The molecule has 0 bridgehead atoms. The average Bonchev–Trinajstić information content (AvgIpc) is 2.60. The lowest BCUT2D eigenvalue weighted by Crippen LogP contribution is -2.39. The Bertz CT molecular complexity index is 693. The van der Waals surface area contributed by atoms with Crippen molar-refractivity contribution in [3.63, 3.8) is 0 Å². The van der Waals surface area contributed by atoms with Crippen molar-refractivity contribution in [2.45, 2.75) is 32.1 Å². The van der Waals surface area contributed by atoms with E-state index in [9.17, 15) is 4.79 Å². The van der Waals surface area contributed by atoms with Crippen molar-refractivity contribution in [1.29, 1.82) is 0 Å². The quantitative estimate of drug-likeness (QED) is 0.634. The minimum Gasteiger partial charge on any atom is -0.481 e. The zero-order valence-corrected chi connectivity index (χ0v) is 16.2. The third kappa shape index (κ3) is 6.63. The second kappa shape index (κ2) is 10.4. The Morgan fingerprint density at radius 1 is 1.24 bits per heavy atom. The van der Waals surface area contributed by atoms with Gasteiger partial charge in [0.05, 0.1) is 0 Å². The standard InChI is InChI=1S/C20H24ClNO2S/c1-3-19(24-18-10-6-9-17(21)13-18)20(23)22-11-12-25-14-16-8-5-4-7-15(16)2/h4-10,13,19H,3,11-12,14H2,1-2H3,(H,22,23)/t19-/m0/s1. The Labute approximate surface area is 159 Å². The first-order chi connectivity index (χ1) is 12.1. The van der Waals surface area contributed by atoms with Crippen molar-refractivity contribution in [3.8, 4) is 5.75 Å². The number of aryl methyl sites for hydroxylation is 1. The van der Waals surface area contributed by atoms with E-state index in [0.717, 1.165) is 11.5 Å². The largest absolute Gasteiger partial charge is 0.481 e. The minimum absolute atomic E-state index is 0.0843. The molecular formula is C20H24ClNO2S. The number of hydrogen-bond donors (Lipinski definition) is 1. The summed E-state index contributed by atoms with van der Waals surface area (Å²) in [7, 11) is 0. The number of carbonyl (C=O) groups is 1. The van der Waals surface area contributed by atoms with Crippen molar-refractivity contribution in [1.82, 2.24) is 5.32 Å². The predicted molar refractivity (Wildman–Crippen MR) is 107 cm³/mol. The van der Waals surface area contributed by atoms with Gasteiger partial charge in [-0.05, 0) is 42.7 Å². The van der Waals surface area contributed by atoms with Crippen LogP contribution in [0.1, 0.15) is 24.5 Å². The van der Waals surface area contributed by atoms with Crippen LogP contribution in [0.4, 0.5) is 0 Å². The number of amides is 1. The second-order valence-corrected chi connectivity index (χ2v) is 7.28. The Balaban J connectivity index is 1.72. The van der Waals surface area contributed by atoms with Crippen LogP contribution in [-0.4, -0.2) is 24.3 Å². The van der Waals surface area contributed by atoms with Crippen LogP contribution in [0.2, 0.25) is 5.02 Å². The molecule has 0 saturated heterocycles. The Morgan fingerprint density at radius 2 is 2.04 bits per heavy atom. The smallest absolute Gasteiger partial charge is 0.261 e. The molecule has 1 amide bonds. The van der Waals surface area contributed by atoms with Crippen LogP contribution in [0.25, 0.3) is 0 Å². The van der Waals surface area contributed by atoms with Gasteiger partial charge >= 0.3 is 0 Å². The fraction of sp³-hybridized carbons (Fsp3) is 0.350. The number of thioether (sulfide) groups is 1. The number of benzene rings is 2. The maximum absolute atomic E-state index is 12.3. The Kier molecular flexibility index (Phi) is 8.16. The third-order valence-corrected chi connectivity index (χ3v) is 5.05. The molecule has 2 rings (SSSR count). The van der Waals surface area contributed by atoms with Gasteiger partial charge in [-0.3, -0.25) is 4.79 Å². The third-order valence-electron chi connectivity index (χ3n) is 3.80. The Morgan fingerprint density at radius 3 is 2.76 bits per heavy atom. The number of halogens is 1. The molecule has 3 nitrogen and oxygen atoms in total. The lowest BCUT2D eigenvalue weighted by molar-refractivity contribution is -0.127. The van der Waals surface area contributed by atoms with Gasteiger partial charge in [0.1, 0.15) is 5.75 Å². The van der Waals surface area contributed by atoms with Crippen molar-refractivity contribution < 1.29 is 9.53 Å². The number of hydrogen-bond acceptors (Lipinski definition) is 3. The van der Waals surface area contributed by atoms with Crippen LogP contribution in [-0.2, 0) is 10.5 Å². The molecule has 0 saturated carbocycles. The summed E-state index contributed by atoms with van der Waals surface area (Å²) >= 11 is 7.76. The summed E-state index contributed by atoms with van der Waals surface area (Å²) in [5, 5.41) is 3.55. The van der Waals surface area contributed by atoms with E-state index in [1.54, 1.807) is 18.2 Å². The van der Waals surface area contributed by atoms with E-state index in [-0.39, 0.29) is 5.91 Å². The molecule has 0 fully saturated rings. The van der Waals surface area contributed by atoms with E-state index >= 15 is 0 Å². The summed E-state index contributed by atoms with van der Waals surface area (Å²) in [6.07, 6.45) is 0.106. The maximum atomic E-state index is 12.3. The molecule has 0 aromatic heterocycles. The molecule has 0 unspecified atom stereocenters. The SMILES string of the molecule is CC[C@H](Oc1cccc(Cl)c1)C(=O)NCCSCc1ccccc1C. The van der Waals surface area contributed by atoms with Gasteiger partial charge in [-0.2, -0.15) is 11.8 Å². The number of rotatable bonds is 9. The lowest BCUT2D eigenvalue weighted by atomic mass is 10.1. The monoisotopic (exact) mass is 377 g/mol. The molecule has 0 aliphatic heterocycles. The number of nitrogens with one attached hydrogen (secondary N) is 1. The summed E-state index contributed by atoms with van der Waals surface area (Å²) in [5.74, 6) is 2.36. The number of ether oxygens (including phenoxy) is 1. The molecule has 2 aromatic carbocycles. The van der Waals surface area contributed by atoms with Crippen LogP contribution in [0.15, 0.2) is 48.5 Å². The van der Waals surface area contributed by atoms with Gasteiger partial charge in [-0.25, -0.2) is 0 Å². The van der Waals surface area contributed by atoms with E-state index < -0.39 is 6.10 Å². The molecular weight excluding hydrogens is 354 g/mol. The van der Waals surface area contributed by atoms with Crippen molar-refractivity contribution in [3.05, 3.63) is 64.7 Å². The minimum atomic E-state index is -0.500. The summed E-state index contributed by atoms with van der Waals surface area (Å²) in [5.41, 5.74) is 2.65. The summed E-state index contributed by atoms with van der Waals surface area (Å²) in [6, 6.07) is 15.5. The van der Waals surface area contributed by atoms with Crippen LogP contribution >= 0.6 is 23.4 Å². The normalized spacial score (nSPS) is 11.8. The molecule has 5 heteroatoms. The highest BCUT2D eigenvalue weighted by Gasteiger charge is 2.17. The molecule has 0 heterocycles. The van der Waals surface area contributed by atoms with Gasteiger partial charge in [0.2, 0.25) is 0 Å². The molecule has 25 heavy (non-hydrogen) atoms. The molecule has 0 spiro atoms. The van der Waals surface area contributed by atoms with Crippen LogP contribution in [0.3, 0.4) is 0 Å². The summed E-state index contributed by atoms with van der Waals surface area (Å²) < 4.78 is 5.75. The Hall–Kier alpha value is -1.65. The van der Waals surface area contributed by atoms with Crippen molar-refractivity contribution >= 4 is 29.3 Å². The highest BCUT2D eigenvalue weighted by Crippen LogP contribution is 2.19. The molecule has 2 aromatic rings. The van der Waals surface area contributed by atoms with Gasteiger partial charge in [0, 0.05) is 23.1 Å². The van der Waals surface area contributed by atoms with E-state index in [1.807, 2.05) is 24.8 Å². The molecule has 1 atom stereocenters. The number of carbonyl (C=O) groups excluding carboxylic acids is 1. The first kappa shape index (κ1) is 19.7. The molecule has 0 radical (unpaired) electrons. The second-order valence-electron chi connectivity index (χ2n) is 5.74. The fourth-order valence-corrected chi connectivity index (χ4v) is 3.46. The summed E-state index contributed by atoms with van der Waals surface area (Å²) in [6.45, 7) is 4.68. The predicted octanol–water partition coefficient (Wildman–Crippen LogP) is 4.86. The van der Waals surface area contributed by atoms with Crippen molar-refractivity contribution in [2.24, 2.45) is 0 Å². The zero-order valence-electron chi connectivity index (χ0n) is 14.6. The average molecular weight is 378 g/mol. The topological polar surface area (TPSA) is 38.3 Å². The van der Waals surface area contributed by atoms with E-state index in [2.05, 4.69) is 36.5 Å². The van der Waals surface area contributed by atoms with Gasteiger partial charge in [-0.1, -0.05) is 48.9 Å². The van der Waals surface area contributed by atoms with Crippen LogP contribution in [0.5, 0.6) is 5.75 Å². The fourth-order valence-electron chi connectivity index (χ4n) is 2.34. The first-order valence-corrected chi connectivity index (χ1v) is 9.95. The molecule has 134 valence electrons. The molecule has 0 aliphatic rings. The molecule has 1 N–H and O–H groups in total. The van der Waals surface area contributed by atoms with Crippen LogP contribution < -0.4 is 10.1 Å². The maximum Gasteiger partial charge on any atom is 0.261 e. The van der Waals surface area contributed by atoms with E-state index in [0.29, 0.717) is 23.7 Å². The van der Waals surface area contributed by atoms with Gasteiger partial charge in [0.15, 0.2) is 6.10 Å².